The molecular weight excluding hydrogens is 520 g/mol. The van der Waals surface area contributed by atoms with Gasteiger partial charge in [0.15, 0.2) is 0 Å². The molecule has 0 aliphatic carbocycles. The van der Waals surface area contributed by atoms with E-state index in [1.165, 1.54) is 6.21 Å². The average Bonchev–Trinajstić information content (AvgIpc) is 2.90. The molecule has 1 N–H and O–H groups in total. The normalized spacial score (nSPS) is 10.7. The fourth-order valence-corrected chi connectivity index (χ4v) is 3.72. The van der Waals surface area contributed by atoms with Gasteiger partial charge in [-0.15, -0.1) is 0 Å². The molecule has 0 aliphatic heterocycles. The lowest BCUT2D eigenvalue weighted by molar-refractivity contribution is 0.0733. The van der Waals surface area contributed by atoms with Crippen molar-refractivity contribution >= 4 is 34.0 Å². The minimum Gasteiger partial charge on any atom is -0.489 e. The summed E-state index contributed by atoms with van der Waals surface area (Å²) in [6.45, 7) is 2.29. The smallest absolute Gasteiger partial charge is 0.343 e. The van der Waals surface area contributed by atoms with E-state index in [9.17, 15) is 9.59 Å². The summed E-state index contributed by atoms with van der Waals surface area (Å²) in [5, 5.41) is 4.05. The van der Waals surface area contributed by atoms with Gasteiger partial charge in [0.2, 0.25) is 0 Å². The van der Waals surface area contributed by atoms with Gasteiger partial charge in [-0.25, -0.2) is 10.2 Å². The van der Waals surface area contributed by atoms with Crippen LogP contribution < -0.4 is 14.9 Å². The van der Waals surface area contributed by atoms with E-state index in [1.807, 2.05) is 49.4 Å². The number of halogens is 1. The van der Waals surface area contributed by atoms with Crippen molar-refractivity contribution in [3.63, 3.8) is 0 Å². The molecule has 0 saturated heterocycles. The van der Waals surface area contributed by atoms with Gasteiger partial charge in [0.1, 0.15) is 18.1 Å². The van der Waals surface area contributed by atoms with E-state index in [1.54, 1.807) is 54.6 Å². The van der Waals surface area contributed by atoms with Crippen molar-refractivity contribution < 1.29 is 19.1 Å². The first-order valence-corrected chi connectivity index (χ1v) is 12.0. The van der Waals surface area contributed by atoms with E-state index in [0.29, 0.717) is 34.8 Å². The van der Waals surface area contributed by atoms with E-state index >= 15 is 0 Å². The van der Waals surface area contributed by atoms with Gasteiger partial charge in [0.05, 0.1) is 11.8 Å². The molecule has 4 aromatic rings. The molecule has 0 aromatic heterocycles. The molecule has 0 unspecified atom stereocenters. The van der Waals surface area contributed by atoms with Crippen LogP contribution in [0.15, 0.2) is 107 Å². The van der Waals surface area contributed by atoms with Crippen molar-refractivity contribution in [1.29, 1.82) is 0 Å². The molecule has 0 spiro atoms. The van der Waals surface area contributed by atoms with E-state index in [-0.39, 0.29) is 5.91 Å². The zero-order valence-electron chi connectivity index (χ0n) is 19.5. The highest BCUT2D eigenvalue weighted by Crippen LogP contribution is 2.23. The molecule has 0 bridgehead atoms. The number of ether oxygens (including phenoxy) is 2. The number of carbonyl (C=O) groups is 2. The molecule has 0 saturated carbocycles. The molecular formula is C29H23BrN2O4. The Morgan fingerprint density at radius 3 is 2.39 bits per heavy atom. The monoisotopic (exact) mass is 542 g/mol. The molecule has 7 heteroatoms. The van der Waals surface area contributed by atoms with Gasteiger partial charge >= 0.3 is 5.97 Å². The molecule has 0 atom stereocenters. The molecule has 4 rings (SSSR count). The third kappa shape index (κ3) is 6.67. The maximum Gasteiger partial charge on any atom is 0.343 e. The number of aryl methyl sites for hydroxylation is 1. The second-order valence-corrected chi connectivity index (χ2v) is 8.80. The van der Waals surface area contributed by atoms with Crippen molar-refractivity contribution in [3.05, 3.63) is 129 Å². The second kappa shape index (κ2) is 12.0. The number of nitrogens with zero attached hydrogens (tertiary/aromatic N) is 1. The van der Waals surface area contributed by atoms with Crippen molar-refractivity contribution in [2.24, 2.45) is 5.10 Å². The number of esters is 1. The quantitative estimate of drug-likeness (QED) is 0.122. The lowest BCUT2D eigenvalue weighted by Crippen LogP contribution is -2.17. The van der Waals surface area contributed by atoms with Crippen LogP contribution in [0.25, 0.3) is 0 Å². The number of hydrazone groups is 1. The lowest BCUT2D eigenvalue weighted by Gasteiger charge is -2.09. The highest BCUT2D eigenvalue weighted by atomic mass is 79.9. The SMILES string of the molecule is Cc1ccccc1C(=O)Oc1ccc(Br)cc1/C=N/NC(=O)c1ccc(OCc2ccccc2)cc1. The van der Waals surface area contributed by atoms with Crippen LogP contribution in [0.1, 0.15) is 37.4 Å². The molecule has 6 nitrogen and oxygen atoms in total. The van der Waals surface area contributed by atoms with E-state index in [4.69, 9.17) is 9.47 Å². The molecule has 0 fully saturated rings. The fraction of sp³-hybridized carbons (Fsp3) is 0.0690. The Bertz CT molecular complexity index is 1390. The average molecular weight is 543 g/mol. The van der Waals surface area contributed by atoms with Crippen LogP contribution in [-0.4, -0.2) is 18.1 Å². The summed E-state index contributed by atoms with van der Waals surface area (Å²) >= 11 is 3.41. The summed E-state index contributed by atoms with van der Waals surface area (Å²) < 4.78 is 12.1. The van der Waals surface area contributed by atoms with Crippen LogP contribution in [0.2, 0.25) is 0 Å². The van der Waals surface area contributed by atoms with Gasteiger partial charge in [-0.1, -0.05) is 64.5 Å². The first-order chi connectivity index (χ1) is 17.5. The lowest BCUT2D eigenvalue weighted by atomic mass is 10.1. The third-order valence-corrected chi connectivity index (χ3v) is 5.77. The van der Waals surface area contributed by atoms with Crippen molar-refractivity contribution in [2.75, 3.05) is 0 Å². The standard InChI is InChI=1S/C29H23BrN2O4/c1-20-7-5-6-10-26(20)29(34)36-27-16-13-24(30)17-23(27)18-31-32-28(33)22-11-14-25(15-12-22)35-19-21-8-3-2-4-9-21/h2-18H,19H2,1H3,(H,32,33)/b31-18+. The number of carbonyl (C=O) groups excluding carboxylic acids is 2. The van der Waals surface area contributed by atoms with Gasteiger partial charge in [-0.2, -0.15) is 5.10 Å². The first-order valence-electron chi connectivity index (χ1n) is 11.2. The molecule has 4 aromatic carbocycles. The number of hydrogen-bond acceptors (Lipinski definition) is 5. The van der Waals surface area contributed by atoms with Crippen molar-refractivity contribution in [1.82, 2.24) is 5.43 Å². The van der Waals surface area contributed by atoms with Crippen molar-refractivity contribution in [3.8, 4) is 11.5 Å². The van der Waals surface area contributed by atoms with E-state index in [0.717, 1.165) is 15.6 Å². The Kier molecular flexibility index (Phi) is 8.26. The van der Waals surface area contributed by atoms with Crippen molar-refractivity contribution in [2.45, 2.75) is 13.5 Å². The van der Waals surface area contributed by atoms with Gasteiger partial charge in [-0.05, 0) is 66.6 Å². The minimum atomic E-state index is -0.469. The van der Waals surface area contributed by atoms with Crippen LogP contribution >= 0.6 is 15.9 Å². The Labute approximate surface area is 217 Å². The summed E-state index contributed by atoms with van der Waals surface area (Å²) in [5.41, 5.74) is 5.81. The van der Waals surface area contributed by atoms with Gasteiger partial charge in [-0.3, -0.25) is 4.79 Å². The highest BCUT2D eigenvalue weighted by molar-refractivity contribution is 9.10. The Hall–Kier alpha value is -4.23. The predicted molar refractivity (Wildman–Crippen MR) is 143 cm³/mol. The van der Waals surface area contributed by atoms with E-state index < -0.39 is 5.97 Å². The number of amides is 1. The highest BCUT2D eigenvalue weighted by Gasteiger charge is 2.13. The summed E-state index contributed by atoms with van der Waals surface area (Å²) in [4.78, 5) is 25.2. The molecule has 36 heavy (non-hydrogen) atoms. The molecule has 0 aliphatic rings. The molecule has 0 radical (unpaired) electrons. The second-order valence-electron chi connectivity index (χ2n) is 7.88. The van der Waals surface area contributed by atoms with Crippen LogP contribution in [0.5, 0.6) is 11.5 Å². The molecule has 0 heterocycles. The Morgan fingerprint density at radius 2 is 1.64 bits per heavy atom. The number of rotatable bonds is 8. The Morgan fingerprint density at radius 1 is 0.917 bits per heavy atom. The largest absolute Gasteiger partial charge is 0.489 e. The molecule has 180 valence electrons. The maximum atomic E-state index is 12.6. The molecule has 1 amide bonds. The summed E-state index contributed by atoms with van der Waals surface area (Å²) in [5.74, 6) is 0.135. The number of hydrogen-bond donors (Lipinski definition) is 1. The zero-order chi connectivity index (χ0) is 25.3. The first kappa shape index (κ1) is 24.9. The Balaban J connectivity index is 1.38. The summed E-state index contributed by atoms with van der Waals surface area (Å²) in [6, 6.07) is 29.0. The van der Waals surface area contributed by atoms with Crippen LogP contribution in [0, 0.1) is 6.92 Å². The van der Waals surface area contributed by atoms with Crippen LogP contribution in [-0.2, 0) is 6.61 Å². The number of benzene rings is 4. The maximum absolute atomic E-state index is 12.6. The third-order valence-electron chi connectivity index (χ3n) is 5.27. The van der Waals surface area contributed by atoms with Gasteiger partial charge in [0.25, 0.3) is 5.91 Å². The summed E-state index contributed by atoms with van der Waals surface area (Å²) in [6.07, 6.45) is 1.43. The fourth-order valence-electron chi connectivity index (χ4n) is 3.34. The van der Waals surface area contributed by atoms with E-state index in [2.05, 4.69) is 26.5 Å². The van der Waals surface area contributed by atoms with Gasteiger partial charge < -0.3 is 9.47 Å². The van der Waals surface area contributed by atoms with Crippen LogP contribution in [0.3, 0.4) is 0 Å². The number of nitrogens with one attached hydrogen (secondary N) is 1. The van der Waals surface area contributed by atoms with Crippen LogP contribution in [0.4, 0.5) is 0 Å². The zero-order valence-corrected chi connectivity index (χ0v) is 21.1. The predicted octanol–water partition coefficient (Wildman–Crippen LogP) is 6.32. The summed E-state index contributed by atoms with van der Waals surface area (Å²) in [7, 11) is 0. The minimum absolute atomic E-state index is 0.323. The topological polar surface area (TPSA) is 77.0 Å². The van der Waals surface area contributed by atoms with Gasteiger partial charge in [0, 0.05) is 15.6 Å².